The van der Waals surface area contributed by atoms with Crippen molar-refractivity contribution in [1.29, 1.82) is 0 Å². The maximum Gasteiger partial charge on any atom is 0.288 e. The smallest absolute Gasteiger partial charge is 0.288 e. The maximum atomic E-state index is 10.6. The van der Waals surface area contributed by atoms with Gasteiger partial charge in [-0.15, -0.1) is 0 Å². The fourth-order valence-corrected chi connectivity index (χ4v) is 3.75. The minimum atomic E-state index is -0.517. The molecule has 0 aromatic carbocycles. The van der Waals surface area contributed by atoms with E-state index >= 15 is 0 Å². The van der Waals surface area contributed by atoms with Crippen molar-refractivity contribution in [1.82, 2.24) is 15.0 Å². The van der Waals surface area contributed by atoms with Crippen LogP contribution in [-0.4, -0.2) is 46.1 Å². The number of anilines is 1. The molecule has 0 spiro atoms. The largest absolute Gasteiger partial charge is 0.481 e. The number of nitrogens with zero attached hydrogens (tertiary/aromatic N) is 5. The van der Waals surface area contributed by atoms with Gasteiger partial charge in [-0.05, 0) is 34.1 Å². The van der Waals surface area contributed by atoms with Crippen LogP contribution in [-0.2, 0) is 0 Å². The monoisotopic (exact) mass is 642 g/mol. The predicted octanol–water partition coefficient (Wildman–Crippen LogP) is 5.95. The van der Waals surface area contributed by atoms with Gasteiger partial charge >= 0.3 is 0 Å². The van der Waals surface area contributed by atoms with Gasteiger partial charge in [-0.2, -0.15) is 0 Å². The van der Waals surface area contributed by atoms with Crippen LogP contribution in [0.1, 0.15) is 0 Å². The van der Waals surface area contributed by atoms with Crippen molar-refractivity contribution >= 4 is 33.0 Å². The van der Waals surface area contributed by atoms with E-state index in [0.717, 1.165) is 23.5 Å². The van der Waals surface area contributed by atoms with Crippen molar-refractivity contribution in [3.05, 3.63) is 98.7 Å². The summed E-state index contributed by atoms with van der Waals surface area (Å²) in [7, 11) is 4.47. The number of nitrogens with two attached hydrogens (primary N) is 1. The van der Waals surface area contributed by atoms with Crippen LogP contribution < -0.4 is 19.9 Å². The van der Waals surface area contributed by atoms with Gasteiger partial charge in [-0.3, -0.25) is 20.2 Å². The number of furan rings is 2. The summed E-state index contributed by atoms with van der Waals surface area (Å²) >= 11 is 3.08. The zero-order valence-corrected chi connectivity index (χ0v) is 23.9. The number of halogens is 1. The third kappa shape index (κ3) is 8.01. The molecular weight excluding hydrogens is 620 g/mol. The quantitative estimate of drug-likeness (QED) is 0.161. The first-order valence-electron chi connectivity index (χ1n) is 11.5. The van der Waals surface area contributed by atoms with Crippen molar-refractivity contribution in [3.63, 3.8) is 0 Å². The first kappa shape index (κ1) is 31.0. The molecule has 42 heavy (non-hydrogen) atoms. The summed E-state index contributed by atoms with van der Waals surface area (Å²) in [5.41, 5.74) is 9.05. The molecule has 2 N–H and O–H groups in total. The number of methoxy groups -OCH3 is 3. The second-order valence-electron chi connectivity index (χ2n) is 7.80. The van der Waals surface area contributed by atoms with Crippen LogP contribution in [0.15, 0.2) is 87.3 Å². The van der Waals surface area contributed by atoms with E-state index in [-0.39, 0.29) is 11.4 Å². The molecule has 0 amide bonds. The normalized spacial score (nSPS) is 9.90. The summed E-state index contributed by atoms with van der Waals surface area (Å²) in [6, 6.07) is 8.06. The Morgan fingerprint density at radius 2 is 1.19 bits per heavy atom. The van der Waals surface area contributed by atoms with Crippen LogP contribution in [0.4, 0.5) is 17.1 Å². The molecule has 5 rings (SSSR count). The Kier molecular flexibility index (Phi) is 10.9. The number of rotatable bonds is 7. The summed E-state index contributed by atoms with van der Waals surface area (Å²) in [6.45, 7) is 0. The molecule has 0 saturated carbocycles. The molecule has 0 fully saturated rings. The van der Waals surface area contributed by atoms with Crippen molar-refractivity contribution in [2.24, 2.45) is 0 Å². The molecule has 5 heterocycles. The second-order valence-corrected chi connectivity index (χ2v) is 8.65. The lowest BCUT2D eigenvalue weighted by Crippen LogP contribution is -1.94. The first-order valence-corrected chi connectivity index (χ1v) is 12.3. The van der Waals surface area contributed by atoms with Crippen LogP contribution in [0.5, 0.6) is 17.6 Å². The van der Waals surface area contributed by atoms with E-state index in [0.29, 0.717) is 38.9 Å². The van der Waals surface area contributed by atoms with Gasteiger partial charge in [0.1, 0.15) is 12.4 Å². The Morgan fingerprint density at radius 1 is 0.738 bits per heavy atom. The average molecular weight is 643 g/mol. The summed E-state index contributed by atoms with van der Waals surface area (Å²) in [4.78, 5) is 31.5. The van der Waals surface area contributed by atoms with Gasteiger partial charge in [0.15, 0.2) is 0 Å². The Hall–Kier alpha value is -5.51. The van der Waals surface area contributed by atoms with Crippen LogP contribution in [0.25, 0.3) is 22.3 Å². The van der Waals surface area contributed by atoms with E-state index in [1.165, 1.54) is 38.9 Å². The molecule has 0 unspecified atom stereocenters. The van der Waals surface area contributed by atoms with Crippen LogP contribution in [0, 0.1) is 20.2 Å². The molecule has 0 saturated heterocycles. The average Bonchev–Trinajstić information content (AvgIpc) is 3.73. The number of pyridine rings is 3. The van der Waals surface area contributed by atoms with E-state index < -0.39 is 9.85 Å². The van der Waals surface area contributed by atoms with Gasteiger partial charge in [0, 0.05) is 28.8 Å². The highest BCUT2D eigenvalue weighted by Gasteiger charge is 2.15. The van der Waals surface area contributed by atoms with Gasteiger partial charge in [0.25, 0.3) is 11.4 Å². The molecular formula is C26H23BrN6O9. The summed E-state index contributed by atoms with van der Waals surface area (Å²) < 4.78 is 25.3. The van der Waals surface area contributed by atoms with Gasteiger partial charge in [0.2, 0.25) is 17.6 Å². The Balaban J connectivity index is 0.000000175. The maximum absolute atomic E-state index is 10.6. The van der Waals surface area contributed by atoms with Crippen molar-refractivity contribution < 1.29 is 32.9 Å². The van der Waals surface area contributed by atoms with E-state index in [9.17, 15) is 20.2 Å². The Morgan fingerprint density at radius 3 is 1.62 bits per heavy atom. The summed E-state index contributed by atoms with van der Waals surface area (Å²) in [5.74, 6) is 1.20. The first-order chi connectivity index (χ1) is 20.2. The van der Waals surface area contributed by atoms with Crippen LogP contribution in [0.2, 0.25) is 0 Å². The number of ether oxygens (including phenoxy) is 3. The molecule has 16 heteroatoms. The molecule has 5 aromatic rings. The highest BCUT2D eigenvalue weighted by Crippen LogP contribution is 2.31. The third-order valence-electron chi connectivity index (χ3n) is 5.17. The second kappa shape index (κ2) is 14.8. The lowest BCUT2D eigenvalue weighted by molar-refractivity contribution is -0.385. The zero-order chi connectivity index (χ0) is 30.6. The SMILES string of the molecule is COc1ncc(N)cc1-c1ccoc1.COc1ncc([N+](=O)[O-])cc1-c1ccoc1.COc1ncc([N+](=O)[O-])cc1Br. The lowest BCUT2D eigenvalue weighted by Gasteiger charge is -2.05. The van der Waals surface area contributed by atoms with Crippen molar-refractivity contribution in [3.8, 4) is 39.9 Å². The fourth-order valence-electron chi connectivity index (χ4n) is 3.25. The molecule has 15 nitrogen and oxygen atoms in total. The molecule has 0 aliphatic carbocycles. The molecule has 0 radical (unpaired) electrons. The Labute approximate surface area is 246 Å². The topological polar surface area (TPSA) is 205 Å². The van der Waals surface area contributed by atoms with Gasteiger partial charge in [-0.25, -0.2) is 15.0 Å². The number of hydrogen-bond acceptors (Lipinski definition) is 13. The molecule has 218 valence electrons. The molecule has 0 aliphatic rings. The number of hydrogen-bond donors (Lipinski definition) is 1. The molecule has 0 aliphatic heterocycles. The van der Waals surface area contributed by atoms with Crippen molar-refractivity contribution in [2.75, 3.05) is 27.1 Å². The highest BCUT2D eigenvalue weighted by molar-refractivity contribution is 9.10. The van der Waals surface area contributed by atoms with E-state index in [1.54, 1.807) is 38.0 Å². The van der Waals surface area contributed by atoms with Gasteiger partial charge in [-0.1, -0.05) is 0 Å². The van der Waals surface area contributed by atoms with Gasteiger partial charge < -0.3 is 28.8 Å². The number of aromatic nitrogens is 3. The van der Waals surface area contributed by atoms with E-state index in [2.05, 4.69) is 30.9 Å². The van der Waals surface area contributed by atoms with Gasteiger partial charge in [0.05, 0.1) is 78.1 Å². The number of nitro groups is 2. The van der Waals surface area contributed by atoms with Crippen LogP contribution in [0.3, 0.4) is 0 Å². The lowest BCUT2D eigenvalue weighted by atomic mass is 10.1. The summed E-state index contributed by atoms with van der Waals surface area (Å²) in [5, 5.41) is 20.9. The standard InChI is InChI=1S/C10H8N2O4.C10H10N2O2.C6H5BrN2O3/c1-15-10-9(7-2-3-16-6-7)4-8(5-11-10)12(13)14;1-13-10-9(4-8(11)5-12-10)7-2-3-14-6-7;1-12-6-5(7)2-4(3-8-6)9(10)11/h2-6H,1H3;2-6H,11H2,1H3;2-3H,1H3. The number of nitrogen functional groups attached to an aromatic ring is 1. The van der Waals surface area contributed by atoms with Crippen LogP contribution >= 0.6 is 15.9 Å². The molecule has 0 bridgehead atoms. The molecule has 0 atom stereocenters. The third-order valence-corrected chi connectivity index (χ3v) is 5.74. The minimum absolute atomic E-state index is 0.0670. The van der Waals surface area contributed by atoms with E-state index in [4.69, 9.17) is 28.8 Å². The zero-order valence-electron chi connectivity index (χ0n) is 22.3. The highest BCUT2D eigenvalue weighted by atomic mass is 79.9. The summed E-state index contributed by atoms with van der Waals surface area (Å²) in [6.07, 6.45) is 10.0. The van der Waals surface area contributed by atoms with E-state index in [1.807, 2.05) is 6.07 Å². The Bertz CT molecular complexity index is 1630. The molecule has 5 aromatic heterocycles. The van der Waals surface area contributed by atoms with Crippen molar-refractivity contribution in [2.45, 2.75) is 0 Å². The fraction of sp³-hybridized carbons (Fsp3) is 0.115. The minimum Gasteiger partial charge on any atom is -0.481 e. The predicted molar refractivity (Wildman–Crippen MR) is 153 cm³/mol.